The first-order chi connectivity index (χ1) is 14.6. The van der Waals surface area contributed by atoms with Gasteiger partial charge < -0.3 is 29.7 Å². The van der Waals surface area contributed by atoms with Crippen molar-refractivity contribution in [2.45, 2.75) is 13.8 Å². The number of anilines is 2. The van der Waals surface area contributed by atoms with E-state index >= 15 is 0 Å². The van der Waals surface area contributed by atoms with Crippen LogP contribution in [0.4, 0.5) is 11.4 Å². The summed E-state index contributed by atoms with van der Waals surface area (Å²) in [6.45, 7) is 6.33. The van der Waals surface area contributed by atoms with Crippen LogP contribution in [-0.2, 0) is 9.59 Å². The minimum absolute atomic E-state index is 0.172. The molecule has 3 rings (SSSR count). The third-order valence-corrected chi connectivity index (χ3v) is 4.61. The molecular formula is C22H28N3O5+. The van der Waals surface area contributed by atoms with Crippen LogP contribution in [0.5, 0.6) is 17.2 Å². The van der Waals surface area contributed by atoms with E-state index in [0.29, 0.717) is 55.0 Å². The molecule has 3 N–H and O–H groups in total. The highest BCUT2D eigenvalue weighted by Gasteiger charge is 2.19. The third kappa shape index (κ3) is 5.87. The highest BCUT2D eigenvalue weighted by Crippen LogP contribution is 2.32. The molecule has 0 aromatic heterocycles. The van der Waals surface area contributed by atoms with Gasteiger partial charge in [-0.25, -0.2) is 0 Å². The number of para-hydroxylation sites is 2. The van der Waals surface area contributed by atoms with Crippen LogP contribution >= 0.6 is 0 Å². The Morgan fingerprint density at radius 1 is 0.967 bits per heavy atom. The molecule has 1 atom stereocenters. The molecule has 2 amide bonds. The number of hydrogen-bond donors (Lipinski definition) is 3. The van der Waals surface area contributed by atoms with Gasteiger partial charge in [0.2, 0.25) is 0 Å². The molecule has 0 radical (unpaired) electrons. The van der Waals surface area contributed by atoms with Crippen molar-refractivity contribution >= 4 is 23.2 Å². The average molecular weight is 414 g/mol. The van der Waals surface area contributed by atoms with Crippen LogP contribution in [0, 0.1) is 0 Å². The third-order valence-electron chi connectivity index (χ3n) is 4.61. The first kappa shape index (κ1) is 21.4. The lowest BCUT2D eigenvalue weighted by Crippen LogP contribution is -3.13. The number of carbonyl (C=O) groups is 2. The molecule has 0 aliphatic carbocycles. The van der Waals surface area contributed by atoms with Crippen molar-refractivity contribution in [3.05, 3.63) is 42.5 Å². The lowest BCUT2D eigenvalue weighted by atomic mass is 10.2. The van der Waals surface area contributed by atoms with E-state index in [2.05, 4.69) is 10.6 Å². The molecular weight excluding hydrogens is 386 g/mol. The zero-order valence-corrected chi connectivity index (χ0v) is 17.3. The molecule has 1 aliphatic rings. The molecule has 0 fully saturated rings. The van der Waals surface area contributed by atoms with Crippen molar-refractivity contribution in [1.82, 2.24) is 0 Å². The molecule has 1 unspecified atom stereocenters. The number of hydrogen-bond acceptors (Lipinski definition) is 5. The molecule has 1 heterocycles. The average Bonchev–Trinajstić information content (AvgIpc) is 2.74. The molecule has 0 saturated heterocycles. The molecule has 1 aliphatic heterocycles. The zero-order valence-electron chi connectivity index (χ0n) is 17.3. The predicted octanol–water partition coefficient (Wildman–Crippen LogP) is 1.34. The van der Waals surface area contributed by atoms with Crippen LogP contribution in [0.15, 0.2) is 42.5 Å². The summed E-state index contributed by atoms with van der Waals surface area (Å²) in [4.78, 5) is 25.8. The van der Waals surface area contributed by atoms with Gasteiger partial charge in [0.15, 0.2) is 24.6 Å². The van der Waals surface area contributed by atoms with Crippen LogP contribution in [0.2, 0.25) is 0 Å². The Morgan fingerprint density at radius 2 is 1.67 bits per heavy atom. The quantitative estimate of drug-likeness (QED) is 0.576. The van der Waals surface area contributed by atoms with Crippen molar-refractivity contribution < 1.29 is 28.7 Å². The number of rotatable bonds is 9. The summed E-state index contributed by atoms with van der Waals surface area (Å²) in [5.41, 5.74) is 1.26. The molecule has 8 nitrogen and oxygen atoms in total. The maximum absolute atomic E-state index is 12.5. The minimum Gasteiger partial charge on any atom is -0.492 e. The number of ether oxygens (including phenoxy) is 3. The van der Waals surface area contributed by atoms with Crippen molar-refractivity contribution in [1.29, 1.82) is 0 Å². The van der Waals surface area contributed by atoms with Crippen LogP contribution in [0.1, 0.15) is 13.8 Å². The normalized spacial score (nSPS) is 13.3. The van der Waals surface area contributed by atoms with E-state index in [-0.39, 0.29) is 24.9 Å². The molecule has 30 heavy (non-hydrogen) atoms. The molecule has 160 valence electrons. The van der Waals surface area contributed by atoms with Crippen LogP contribution in [-0.4, -0.2) is 51.3 Å². The topological polar surface area (TPSA) is 90.3 Å². The van der Waals surface area contributed by atoms with Crippen molar-refractivity contribution in [2.24, 2.45) is 0 Å². The van der Waals surface area contributed by atoms with Gasteiger partial charge in [0, 0.05) is 11.8 Å². The van der Waals surface area contributed by atoms with Gasteiger partial charge in [-0.1, -0.05) is 12.1 Å². The van der Waals surface area contributed by atoms with E-state index < -0.39 is 0 Å². The summed E-state index contributed by atoms with van der Waals surface area (Å²) >= 11 is 0. The summed E-state index contributed by atoms with van der Waals surface area (Å²) in [7, 11) is 0. The van der Waals surface area contributed by atoms with E-state index in [4.69, 9.17) is 14.2 Å². The van der Waals surface area contributed by atoms with E-state index in [1.165, 1.54) is 0 Å². The highest BCUT2D eigenvalue weighted by molar-refractivity contribution is 5.94. The number of likely N-dealkylation sites (N-methyl/N-ethyl adjacent to an activating group) is 1. The largest absolute Gasteiger partial charge is 0.492 e. The van der Waals surface area contributed by atoms with E-state index in [1.54, 1.807) is 24.3 Å². The fourth-order valence-corrected chi connectivity index (χ4v) is 3.14. The smallest absolute Gasteiger partial charge is 0.279 e. The van der Waals surface area contributed by atoms with Gasteiger partial charge in [-0.05, 0) is 38.1 Å². The van der Waals surface area contributed by atoms with E-state index in [0.717, 1.165) is 4.90 Å². The SMILES string of the molecule is CCOc1ccccc1NC(=O)C[NH+](CC)CC(=O)Nc1ccc2c(c1)OCCO2. The van der Waals surface area contributed by atoms with Gasteiger partial charge in [-0.3, -0.25) is 9.59 Å². The van der Waals surface area contributed by atoms with Gasteiger partial charge in [-0.2, -0.15) is 0 Å². The van der Waals surface area contributed by atoms with E-state index in [9.17, 15) is 9.59 Å². The minimum atomic E-state index is -0.175. The fraction of sp³-hybridized carbons (Fsp3) is 0.364. The lowest BCUT2D eigenvalue weighted by Gasteiger charge is -2.20. The van der Waals surface area contributed by atoms with Crippen LogP contribution in [0.25, 0.3) is 0 Å². The van der Waals surface area contributed by atoms with Crippen molar-refractivity contribution in [3.8, 4) is 17.2 Å². The predicted molar refractivity (Wildman–Crippen MR) is 114 cm³/mol. The standard InChI is InChI=1S/C22H27N3O5/c1-3-25(15-22(27)24-17-7-5-6-8-18(17)28-4-2)14-21(26)23-16-9-10-19-20(13-16)30-12-11-29-19/h5-10,13H,3-4,11-12,14-15H2,1-2H3,(H,23,26)(H,24,27)/p+1. The van der Waals surface area contributed by atoms with Gasteiger partial charge >= 0.3 is 0 Å². The van der Waals surface area contributed by atoms with Crippen molar-refractivity contribution in [3.63, 3.8) is 0 Å². The molecule has 2 aromatic rings. The summed E-state index contributed by atoms with van der Waals surface area (Å²) in [5.74, 6) is 1.56. The Hall–Kier alpha value is -3.26. The Morgan fingerprint density at radius 3 is 2.40 bits per heavy atom. The Labute approximate surface area is 176 Å². The van der Waals surface area contributed by atoms with Gasteiger partial charge in [-0.15, -0.1) is 0 Å². The first-order valence-electron chi connectivity index (χ1n) is 10.1. The molecule has 0 saturated carbocycles. The first-order valence-corrected chi connectivity index (χ1v) is 10.1. The Kier molecular flexibility index (Phi) is 7.51. The Bertz CT molecular complexity index is 887. The molecule has 2 aromatic carbocycles. The number of fused-ring (bicyclic) bond motifs is 1. The van der Waals surface area contributed by atoms with Gasteiger partial charge in [0.05, 0.1) is 18.8 Å². The maximum Gasteiger partial charge on any atom is 0.279 e. The molecule has 8 heteroatoms. The second-order valence-electron chi connectivity index (χ2n) is 6.84. The lowest BCUT2D eigenvalue weighted by molar-refractivity contribution is -0.881. The van der Waals surface area contributed by atoms with Gasteiger partial charge in [0.25, 0.3) is 11.8 Å². The zero-order chi connectivity index (χ0) is 21.3. The molecule has 0 spiro atoms. The van der Waals surface area contributed by atoms with Crippen LogP contribution in [0.3, 0.4) is 0 Å². The second kappa shape index (κ2) is 10.5. The summed E-state index contributed by atoms with van der Waals surface area (Å²) < 4.78 is 16.6. The summed E-state index contributed by atoms with van der Waals surface area (Å²) in [6.07, 6.45) is 0. The fourth-order valence-electron chi connectivity index (χ4n) is 3.14. The van der Waals surface area contributed by atoms with Crippen molar-refractivity contribution in [2.75, 3.05) is 50.1 Å². The Balaban J connectivity index is 1.53. The molecule has 0 bridgehead atoms. The second-order valence-corrected chi connectivity index (χ2v) is 6.84. The number of carbonyl (C=O) groups excluding carboxylic acids is 2. The number of benzene rings is 2. The van der Waals surface area contributed by atoms with E-state index in [1.807, 2.05) is 32.0 Å². The summed E-state index contributed by atoms with van der Waals surface area (Å²) in [6, 6.07) is 12.6. The highest BCUT2D eigenvalue weighted by atomic mass is 16.6. The summed E-state index contributed by atoms with van der Waals surface area (Å²) in [5, 5.41) is 5.73. The maximum atomic E-state index is 12.5. The monoisotopic (exact) mass is 414 g/mol. The number of nitrogens with one attached hydrogen (secondary N) is 3. The number of quaternary nitrogens is 1. The number of amides is 2. The van der Waals surface area contributed by atoms with Crippen LogP contribution < -0.4 is 29.7 Å². The van der Waals surface area contributed by atoms with Gasteiger partial charge in [0.1, 0.15) is 19.0 Å².